The fourth-order valence-corrected chi connectivity index (χ4v) is 1.86. The van der Waals surface area contributed by atoms with Crippen LogP contribution in [0.1, 0.15) is 6.42 Å². The van der Waals surface area contributed by atoms with E-state index in [2.05, 4.69) is 0 Å². The standard InChI is InChI=1S/C7H15NO3.C6H3N3O7/c1-8(2,3)5-6(9)4-7(10)11;10-6-4(8(13)14)1-3(7(11)12)2-5(6)9(15)16/h6,9H,4-5H2,1-3H3;1-2,10H/t6-;/m1./s1. The van der Waals surface area contributed by atoms with Crippen molar-refractivity contribution < 1.29 is 39.4 Å². The summed E-state index contributed by atoms with van der Waals surface area (Å²) >= 11 is 0. The van der Waals surface area contributed by atoms with Crippen molar-refractivity contribution in [2.45, 2.75) is 12.5 Å². The van der Waals surface area contributed by atoms with E-state index in [1.54, 1.807) is 0 Å². The first-order chi connectivity index (χ1) is 12.2. The average molecular weight is 390 g/mol. The summed E-state index contributed by atoms with van der Waals surface area (Å²) in [5.41, 5.74) is -3.00. The van der Waals surface area contributed by atoms with E-state index >= 15 is 0 Å². The first-order valence-electron chi connectivity index (χ1n) is 7.14. The average Bonchev–Trinajstić information content (AvgIpc) is 2.44. The molecule has 1 aromatic carbocycles. The van der Waals surface area contributed by atoms with Gasteiger partial charge in [-0.2, -0.15) is 0 Å². The third-order valence-electron chi connectivity index (χ3n) is 2.82. The van der Waals surface area contributed by atoms with Gasteiger partial charge in [-0.15, -0.1) is 0 Å². The number of carboxylic acids is 1. The first-order valence-corrected chi connectivity index (χ1v) is 7.14. The summed E-state index contributed by atoms with van der Waals surface area (Å²) in [5.74, 6) is -2.41. The number of nitro groups is 3. The number of benzene rings is 1. The van der Waals surface area contributed by atoms with Crippen molar-refractivity contribution in [3.63, 3.8) is 0 Å². The number of aromatic hydroxyl groups is 1. The molecule has 1 atom stereocenters. The molecule has 14 nitrogen and oxygen atoms in total. The van der Waals surface area contributed by atoms with Crippen molar-refractivity contribution in [3.8, 4) is 5.75 Å². The van der Waals surface area contributed by atoms with Crippen LogP contribution in [-0.4, -0.2) is 69.2 Å². The van der Waals surface area contributed by atoms with Gasteiger partial charge in [0.05, 0.1) is 48.0 Å². The topological polar surface area (TPSA) is 210 Å². The molecule has 0 radical (unpaired) electrons. The van der Waals surface area contributed by atoms with Gasteiger partial charge < -0.3 is 24.6 Å². The Labute approximate surface area is 151 Å². The molecule has 0 aliphatic carbocycles. The van der Waals surface area contributed by atoms with Crippen LogP contribution in [0.5, 0.6) is 5.75 Å². The van der Waals surface area contributed by atoms with Crippen molar-refractivity contribution >= 4 is 23.0 Å². The fourth-order valence-electron chi connectivity index (χ4n) is 1.86. The van der Waals surface area contributed by atoms with Crippen LogP contribution in [0.2, 0.25) is 0 Å². The minimum absolute atomic E-state index is 0.282. The second-order valence-electron chi connectivity index (χ2n) is 6.31. The molecule has 1 rings (SSSR count). The Balaban J connectivity index is 0.000000541. The van der Waals surface area contributed by atoms with Gasteiger partial charge in [-0.25, -0.2) is 0 Å². The number of quaternary nitrogens is 1. The number of nitrogens with zero attached hydrogens (tertiary/aromatic N) is 4. The highest BCUT2D eigenvalue weighted by atomic mass is 16.6. The van der Waals surface area contributed by atoms with Crippen LogP contribution in [0.4, 0.5) is 17.1 Å². The number of hydrogen-bond donors (Lipinski definition) is 2. The zero-order valence-corrected chi connectivity index (χ0v) is 14.6. The summed E-state index contributed by atoms with van der Waals surface area (Å²) in [6.45, 7) is 0.425. The van der Waals surface area contributed by atoms with Gasteiger partial charge in [0.1, 0.15) is 12.6 Å². The van der Waals surface area contributed by atoms with E-state index in [0.29, 0.717) is 23.2 Å². The van der Waals surface area contributed by atoms with E-state index in [9.17, 15) is 40.2 Å². The lowest BCUT2D eigenvalue weighted by Crippen LogP contribution is -2.43. The van der Waals surface area contributed by atoms with E-state index in [1.807, 2.05) is 21.1 Å². The molecule has 0 aliphatic heterocycles. The third kappa shape index (κ3) is 8.50. The van der Waals surface area contributed by atoms with Gasteiger partial charge >= 0.3 is 11.4 Å². The highest BCUT2D eigenvalue weighted by molar-refractivity contribution is 5.65. The van der Waals surface area contributed by atoms with Gasteiger partial charge in [0.25, 0.3) is 11.4 Å². The van der Waals surface area contributed by atoms with Crippen LogP contribution in [0.25, 0.3) is 0 Å². The van der Waals surface area contributed by atoms with Crippen LogP contribution in [0.15, 0.2) is 12.1 Å². The Bertz CT molecular complexity index is 708. The molecule has 150 valence electrons. The normalized spacial score (nSPS) is 11.7. The summed E-state index contributed by atoms with van der Waals surface area (Å²) in [6, 6.07) is 0.894. The van der Waals surface area contributed by atoms with E-state index in [4.69, 9.17) is 10.2 Å². The number of rotatable bonds is 7. The summed E-state index contributed by atoms with van der Waals surface area (Å²) in [6.07, 6.45) is -1.09. The molecule has 1 aromatic rings. The molecule has 0 amide bonds. The summed E-state index contributed by atoms with van der Waals surface area (Å²) in [5, 5.41) is 59.4. The number of phenolic OH excluding ortho intramolecular Hbond substituents is 1. The number of nitro benzene ring substituents is 3. The molecule has 2 N–H and O–H groups in total. The van der Waals surface area contributed by atoms with Crippen molar-refractivity contribution in [2.75, 3.05) is 27.7 Å². The van der Waals surface area contributed by atoms with Gasteiger partial charge in [0, 0.05) is 12.4 Å². The molecule has 0 unspecified atom stereocenters. The van der Waals surface area contributed by atoms with Gasteiger partial charge in [-0.1, -0.05) is 0 Å². The maximum absolute atomic E-state index is 10.4. The number of hydrogen-bond acceptors (Lipinski definition) is 10. The molecule has 0 spiro atoms. The molecule has 0 aromatic heterocycles. The number of non-ortho nitro benzene ring substituents is 1. The zero-order chi connectivity index (χ0) is 21.5. The number of aliphatic hydroxyl groups excluding tert-OH is 1. The Kier molecular flexibility index (Phi) is 8.17. The van der Waals surface area contributed by atoms with Crippen molar-refractivity contribution in [1.29, 1.82) is 0 Å². The maximum atomic E-state index is 10.4. The maximum Gasteiger partial charge on any atom is 0.324 e. The van der Waals surface area contributed by atoms with E-state index < -0.39 is 49.7 Å². The zero-order valence-electron chi connectivity index (χ0n) is 14.6. The summed E-state index contributed by atoms with van der Waals surface area (Å²) in [7, 11) is 5.66. The number of carboxylic acid groups (broad SMARTS) is 1. The Morgan fingerprint density at radius 3 is 1.70 bits per heavy atom. The first kappa shape index (κ1) is 23.6. The van der Waals surface area contributed by atoms with Crippen molar-refractivity contribution in [1.82, 2.24) is 0 Å². The SMILES string of the molecule is C[N+](C)(C)C[C@H](O)CC(=O)[O-].O=[N+]([O-])c1cc([N+](=O)[O-])c(O)c([N+](=O)[O-])c1. The Morgan fingerprint density at radius 2 is 1.44 bits per heavy atom. The lowest BCUT2D eigenvalue weighted by Gasteiger charge is -2.26. The smallest absolute Gasteiger partial charge is 0.324 e. The monoisotopic (exact) mass is 390 g/mol. The molecule has 0 saturated heterocycles. The molecule has 0 fully saturated rings. The number of aliphatic hydroxyl groups is 1. The third-order valence-corrected chi connectivity index (χ3v) is 2.82. The molecule has 27 heavy (non-hydrogen) atoms. The lowest BCUT2D eigenvalue weighted by molar-refractivity contribution is -0.873. The van der Waals surface area contributed by atoms with E-state index in [-0.39, 0.29) is 6.42 Å². The second kappa shape index (κ2) is 9.35. The van der Waals surface area contributed by atoms with Gasteiger partial charge in [0.2, 0.25) is 0 Å². The number of carbonyl (C=O) groups is 1. The highest BCUT2D eigenvalue weighted by Gasteiger charge is 2.30. The number of carbonyl (C=O) groups excluding carboxylic acids is 1. The number of aliphatic carboxylic acids is 1. The predicted octanol–water partition coefficient (Wildman–Crippen LogP) is -0.690. The molecule has 0 heterocycles. The van der Waals surface area contributed by atoms with Crippen molar-refractivity contribution in [2.24, 2.45) is 0 Å². The molecular weight excluding hydrogens is 372 g/mol. The summed E-state index contributed by atoms with van der Waals surface area (Å²) in [4.78, 5) is 37.8. The highest BCUT2D eigenvalue weighted by Crippen LogP contribution is 2.38. The van der Waals surface area contributed by atoms with E-state index in [0.717, 1.165) is 0 Å². The van der Waals surface area contributed by atoms with Crippen LogP contribution in [0.3, 0.4) is 0 Å². The summed E-state index contributed by atoms with van der Waals surface area (Å²) < 4.78 is 0.550. The van der Waals surface area contributed by atoms with Crippen LogP contribution in [0, 0.1) is 30.3 Å². The van der Waals surface area contributed by atoms with Gasteiger partial charge in [-0.05, 0) is 0 Å². The van der Waals surface area contributed by atoms with E-state index in [1.165, 1.54) is 0 Å². The van der Waals surface area contributed by atoms with Crippen LogP contribution >= 0.6 is 0 Å². The quantitative estimate of drug-likeness (QED) is 0.340. The molecule has 0 saturated carbocycles. The number of phenols is 1. The molecule has 0 aliphatic rings. The van der Waals surface area contributed by atoms with Gasteiger partial charge in [-0.3, -0.25) is 30.3 Å². The minimum atomic E-state index is -1.21. The Morgan fingerprint density at radius 1 is 1.04 bits per heavy atom. The molecular formula is C13H18N4O10. The van der Waals surface area contributed by atoms with Crippen molar-refractivity contribution in [3.05, 3.63) is 42.5 Å². The van der Waals surface area contributed by atoms with Gasteiger partial charge in [0.15, 0.2) is 0 Å². The minimum Gasteiger partial charge on any atom is -0.550 e. The van der Waals surface area contributed by atoms with Crippen LogP contribution < -0.4 is 5.11 Å². The molecule has 14 heteroatoms. The number of likely N-dealkylation sites (N-methyl/N-ethyl adjacent to an activating group) is 1. The Hall–Kier alpha value is -3.39. The fraction of sp³-hybridized carbons (Fsp3) is 0.462. The largest absolute Gasteiger partial charge is 0.550 e. The molecule has 0 bridgehead atoms. The second-order valence-corrected chi connectivity index (χ2v) is 6.31. The lowest BCUT2D eigenvalue weighted by atomic mass is 10.2. The predicted molar refractivity (Wildman–Crippen MR) is 86.6 cm³/mol. The van der Waals surface area contributed by atoms with Crippen LogP contribution in [-0.2, 0) is 4.79 Å².